The molecule has 3 N–H and O–H groups in total. The van der Waals surface area contributed by atoms with Crippen LogP contribution < -0.4 is 11.3 Å². The van der Waals surface area contributed by atoms with Crippen molar-refractivity contribution >= 4 is 9.84 Å². The van der Waals surface area contributed by atoms with E-state index in [0.29, 0.717) is 6.07 Å². The van der Waals surface area contributed by atoms with Crippen molar-refractivity contribution in [2.24, 2.45) is 5.84 Å². The van der Waals surface area contributed by atoms with Gasteiger partial charge in [-0.2, -0.15) is 13.2 Å². The Kier molecular flexibility index (Phi) is 5.71. The summed E-state index contributed by atoms with van der Waals surface area (Å²) < 4.78 is 74.0. The van der Waals surface area contributed by atoms with Crippen LogP contribution in [0.5, 0.6) is 0 Å². The van der Waals surface area contributed by atoms with Crippen LogP contribution in [0.25, 0.3) is 0 Å². The van der Waals surface area contributed by atoms with Gasteiger partial charge in [-0.1, -0.05) is 0 Å². The molecule has 0 bridgehead atoms. The van der Waals surface area contributed by atoms with Gasteiger partial charge in [0.15, 0.2) is 0 Å². The lowest BCUT2D eigenvalue weighted by molar-refractivity contribution is -0.138. The first kappa shape index (κ1) is 17.9. The molecule has 120 valence electrons. The summed E-state index contributed by atoms with van der Waals surface area (Å²) in [4.78, 5) is 0. The Morgan fingerprint density at radius 3 is 2.43 bits per heavy atom. The van der Waals surface area contributed by atoms with Crippen molar-refractivity contribution in [3.05, 3.63) is 35.1 Å². The zero-order valence-corrected chi connectivity index (χ0v) is 12.1. The van der Waals surface area contributed by atoms with Crippen LogP contribution in [0.1, 0.15) is 30.0 Å². The lowest BCUT2D eigenvalue weighted by atomic mass is 9.97. The summed E-state index contributed by atoms with van der Waals surface area (Å²) in [6.07, 6.45) is -3.46. The van der Waals surface area contributed by atoms with Crippen molar-refractivity contribution in [2.75, 3.05) is 12.0 Å². The summed E-state index contributed by atoms with van der Waals surface area (Å²) in [5, 5.41) is 0. The molecule has 1 aromatic carbocycles. The van der Waals surface area contributed by atoms with E-state index in [1.165, 1.54) is 0 Å². The van der Waals surface area contributed by atoms with Gasteiger partial charge in [-0.05, 0) is 36.6 Å². The molecule has 0 radical (unpaired) electrons. The zero-order valence-electron chi connectivity index (χ0n) is 11.2. The minimum Gasteiger partial charge on any atom is -0.271 e. The molecule has 1 atom stereocenters. The molecule has 0 aliphatic heterocycles. The fourth-order valence-corrected chi connectivity index (χ4v) is 2.65. The summed E-state index contributed by atoms with van der Waals surface area (Å²) >= 11 is 0. The van der Waals surface area contributed by atoms with E-state index in [9.17, 15) is 26.0 Å². The van der Waals surface area contributed by atoms with E-state index in [-0.39, 0.29) is 24.2 Å². The fraction of sp³-hybridized carbons (Fsp3) is 0.500. The van der Waals surface area contributed by atoms with E-state index in [1.807, 2.05) is 0 Å². The van der Waals surface area contributed by atoms with Gasteiger partial charge in [-0.15, -0.1) is 0 Å². The standard InChI is InChI=1S/C12H16F4N2O2S/c1-21(19,20)6-2-3-11(18-17)9-7-8(13)4-5-10(9)12(14,15)16/h4-5,7,11,18H,2-3,6,17H2,1H3. The normalized spacial score (nSPS) is 14.2. The molecule has 0 amide bonds. The highest BCUT2D eigenvalue weighted by Crippen LogP contribution is 2.36. The number of nitrogens with two attached hydrogens (primary N) is 1. The largest absolute Gasteiger partial charge is 0.416 e. The maximum Gasteiger partial charge on any atom is 0.416 e. The Morgan fingerprint density at radius 1 is 1.33 bits per heavy atom. The second-order valence-corrected chi connectivity index (χ2v) is 6.98. The molecule has 9 heteroatoms. The predicted molar refractivity (Wildman–Crippen MR) is 70.4 cm³/mol. The van der Waals surface area contributed by atoms with E-state index < -0.39 is 33.4 Å². The number of hydrazine groups is 1. The Hall–Kier alpha value is -1.19. The first-order chi connectivity index (χ1) is 9.54. The molecular weight excluding hydrogens is 312 g/mol. The summed E-state index contributed by atoms with van der Waals surface area (Å²) in [6, 6.07) is 1.13. The van der Waals surface area contributed by atoms with Gasteiger partial charge < -0.3 is 0 Å². The molecule has 1 rings (SSSR count). The topological polar surface area (TPSA) is 72.2 Å². The van der Waals surface area contributed by atoms with Gasteiger partial charge in [0.25, 0.3) is 0 Å². The van der Waals surface area contributed by atoms with Crippen molar-refractivity contribution in [1.29, 1.82) is 0 Å². The quantitative estimate of drug-likeness (QED) is 0.477. The van der Waals surface area contributed by atoms with Crippen LogP contribution in [-0.2, 0) is 16.0 Å². The lowest BCUT2D eigenvalue weighted by Gasteiger charge is -2.21. The Bertz CT molecular complexity index is 587. The molecule has 0 aliphatic carbocycles. The fourth-order valence-electron chi connectivity index (χ4n) is 1.96. The molecule has 0 saturated carbocycles. The van der Waals surface area contributed by atoms with Crippen LogP contribution in [-0.4, -0.2) is 20.4 Å². The highest BCUT2D eigenvalue weighted by atomic mass is 32.2. The third-order valence-electron chi connectivity index (χ3n) is 2.90. The van der Waals surface area contributed by atoms with Gasteiger partial charge in [-0.25, -0.2) is 12.8 Å². The number of halogens is 4. The number of hydrogen-bond donors (Lipinski definition) is 2. The summed E-state index contributed by atoms with van der Waals surface area (Å²) in [5.74, 6) is 4.23. The van der Waals surface area contributed by atoms with Crippen molar-refractivity contribution in [3.63, 3.8) is 0 Å². The Balaban J connectivity index is 3.02. The van der Waals surface area contributed by atoms with Crippen molar-refractivity contribution in [3.8, 4) is 0 Å². The summed E-state index contributed by atoms with van der Waals surface area (Å²) in [7, 11) is -3.22. The minimum absolute atomic E-state index is 0.0378. The van der Waals surface area contributed by atoms with Crippen molar-refractivity contribution < 1.29 is 26.0 Å². The molecule has 0 aromatic heterocycles. The third-order valence-corrected chi connectivity index (χ3v) is 3.93. The van der Waals surface area contributed by atoms with E-state index in [1.54, 1.807) is 0 Å². The smallest absolute Gasteiger partial charge is 0.271 e. The number of benzene rings is 1. The second kappa shape index (κ2) is 6.71. The Labute approximate surface area is 120 Å². The van der Waals surface area contributed by atoms with Gasteiger partial charge in [0.05, 0.1) is 5.56 Å². The molecular formula is C12H16F4N2O2S. The number of sulfone groups is 1. The van der Waals surface area contributed by atoms with Gasteiger partial charge in [0.2, 0.25) is 0 Å². The molecule has 1 unspecified atom stereocenters. The van der Waals surface area contributed by atoms with Crippen LogP contribution in [0.3, 0.4) is 0 Å². The SMILES string of the molecule is CS(=O)(=O)CCCC(NN)c1cc(F)ccc1C(F)(F)F. The lowest BCUT2D eigenvalue weighted by Crippen LogP contribution is -2.30. The summed E-state index contributed by atoms with van der Waals surface area (Å²) in [5.41, 5.74) is 0.854. The molecule has 0 fully saturated rings. The van der Waals surface area contributed by atoms with Gasteiger partial charge in [0, 0.05) is 18.1 Å². The van der Waals surface area contributed by atoms with Crippen LogP contribution >= 0.6 is 0 Å². The maximum atomic E-state index is 13.2. The molecule has 1 aromatic rings. The molecule has 21 heavy (non-hydrogen) atoms. The average molecular weight is 328 g/mol. The van der Waals surface area contributed by atoms with Gasteiger partial charge in [0.1, 0.15) is 15.7 Å². The minimum atomic E-state index is -4.64. The number of hydrogen-bond acceptors (Lipinski definition) is 4. The molecule has 4 nitrogen and oxygen atoms in total. The van der Waals surface area contributed by atoms with Crippen molar-refractivity contribution in [1.82, 2.24) is 5.43 Å². The van der Waals surface area contributed by atoms with E-state index in [2.05, 4.69) is 5.43 Å². The summed E-state index contributed by atoms with van der Waals surface area (Å²) in [6.45, 7) is 0. The van der Waals surface area contributed by atoms with Crippen LogP contribution in [0.4, 0.5) is 17.6 Å². The third kappa shape index (κ3) is 5.60. The van der Waals surface area contributed by atoms with Crippen LogP contribution in [0.2, 0.25) is 0 Å². The van der Waals surface area contributed by atoms with Gasteiger partial charge in [-0.3, -0.25) is 11.3 Å². The highest BCUT2D eigenvalue weighted by molar-refractivity contribution is 7.90. The first-order valence-corrected chi connectivity index (χ1v) is 8.11. The second-order valence-electron chi connectivity index (χ2n) is 4.72. The Morgan fingerprint density at radius 2 is 1.95 bits per heavy atom. The molecule has 0 spiro atoms. The monoisotopic (exact) mass is 328 g/mol. The maximum absolute atomic E-state index is 13.2. The first-order valence-electron chi connectivity index (χ1n) is 6.05. The van der Waals surface area contributed by atoms with E-state index in [0.717, 1.165) is 18.4 Å². The predicted octanol–water partition coefficient (Wildman–Crippen LogP) is 2.17. The van der Waals surface area contributed by atoms with E-state index in [4.69, 9.17) is 5.84 Å². The van der Waals surface area contributed by atoms with Crippen molar-refractivity contribution in [2.45, 2.75) is 25.1 Å². The molecule has 0 saturated heterocycles. The number of nitrogens with one attached hydrogen (secondary N) is 1. The van der Waals surface area contributed by atoms with Crippen LogP contribution in [0.15, 0.2) is 18.2 Å². The van der Waals surface area contributed by atoms with Crippen LogP contribution in [0, 0.1) is 5.82 Å². The molecule has 0 aliphatic rings. The number of rotatable bonds is 6. The van der Waals surface area contributed by atoms with Gasteiger partial charge >= 0.3 is 6.18 Å². The highest BCUT2D eigenvalue weighted by Gasteiger charge is 2.35. The van der Waals surface area contributed by atoms with E-state index >= 15 is 0 Å². The molecule has 0 heterocycles. The number of alkyl halides is 3. The average Bonchev–Trinajstić information content (AvgIpc) is 2.31. The zero-order chi connectivity index (χ0) is 16.3.